The third-order valence-corrected chi connectivity index (χ3v) is 12.5. The molecule has 0 saturated carbocycles. The third kappa shape index (κ3) is 43.3. The molecule has 346 valence electrons. The van der Waals surface area contributed by atoms with E-state index in [-0.39, 0.29) is 19.1 Å². The number of amides is 1. The Morgan fingerprint density at radius 3 is 1.33 bits per heavy atom. The van der Waals surface area contributed by atoms with Crippen LogP contribution in [0.15, 0.2) is 12.2 Å². The lowest BCUT2D eigenvalue weighted by molar-refractivity contribution is -0.870. The van der Waals surface area contributed by atoms with Crippen LogP contribution in [0, 0.1) is 0 Å². The zero-order valence-corrected chi connectivity index (χ0v) is 40.2. The quantitative estimate of drug-likeness (QED) is 0.0244. The van der Waals surface area contributed by atoms with Gasteiger partial charge in [0.25, 0.3) is 0 Å². The first-order valence-electron chi connectivity index (χ1n) is 25.1. The molecule has 3 N–H and O–H groups in total. The molecule has 0 spiro atoms. The number of unbranched alkanes of at least 4 members (excludes halogenated alkanes) is 31. The van der Waals surface area contributed by atoms with Crippen LogP contribution in [0.25, 0.3) is 0 Å². The Bertz CT molecular complexity index is 958. The van der Waals surface area contributed by atoms with Crippen LogP contribution in [-0.4, -0.2) is 73.4 Å². The van der Waals surface area contributed by atoms with E-state index in [4.69, 9.17) is 9.05 Å². The fourth-order valence-corrected chi connectivity index (χ4v) is 8.25. The summed E-state index contributed by atoms with van der Waals surface area (Å²) in [7, 11) is 1.61. The average molecular weight is 844 g/mol. The minimum absolute atomic E-state index is 0.0724. The van der Waals surface area contributed by atoms with Gasteiger partial charge in [0.2, 0.25) is 5.91 Å². The topological polar surface area (TPSA) is 105 Å². The van der Waals surface area contributed by atoms with Crippen molar-refractivity contribution in [3.05, 3.63) is 12.2 Å². The molecule has 0 aromatic heterocycles. The van der Waals surface area contributed by atoms with E-state index in [1.807, 2.05) is 21.1 Å². The lowest BCUT2D eigenvalue weighted by atomic mass is 10.0. The number of allylic oxidation sites excluding steroid dienone is 2. The summed E-state index contributed by atoms with van der Waals surface area (Å²) >= 11 is 0. The number of nitrogens with zero attached hydrogens (tertiary/aromatic N) is 1. The van der Waals surface area contributed by atoms with Gasteiger partial charge in [-0.15, -0.1) is 0 Å². The van der Waals surface area contributed by atoms with Crippen molar-refractivity contribution in [2.75, 3.05) is 40.9 Å². The molecule has 0 bridgehead atoms. The molecule has 9 heteroatoms. The number of quaternary nitrogens is 1. The van der Waals surface area contributed by atoms with Gasteiger partial charge in [-0.3, -0.25) is 13.8 Å². The van der Waals surface area contributed by atoms with Gasteiger partial charge in [0.15, 0.2) is 0 Å². The number of aliphatic hydroxyl groups is 1. The normalized spacial score (nSPS) is 14.3. The fourth-order valence-electron chi connectivity index (χ4n) is 7.51. The number of nitrogens with one attached hydrogen (secondary N) is 1. The van der Waals surface area contributed by atoms with Crippen molar-refractivity contribution in [3.63, 3.8) is 0 Å². The molecule has 0 saturated heterocycles. The van der Waals surface area contributed by atoms with Crippen LogP contribution in [-0.2, 0) is 18.4 Å². The summed E-state index contributed by atoms with van der Waals surface area (Å²) in [4.78, 5) is 23.2. The van der Waals surface area contributed by atoms with E-state index in [2.05, 4.69) is 31.3 Å². The monoisotopic (exact) mass is 844 g/mol. The molecule has 0 aliphatic heterocycles. The van der Waals surface area contributed by atoms with E-state index in [1.54, 1.807) is 0 Å². The van der Waals surface area contributed by atoms with Crippen LogP contribution < -0.4 is 5.32 Å². The summed E-state index contributed by atoms with van der Waals surface area (Å²) in [5.74, 6) is -0.149. The van der Waals surface area contributed by atoms with Gasteiger partial charge in [-0.25, -0.2) is 4.57 Å². The number of aliphatic hydroxyl groups excluding tert-OH is 1. The molecular weight excluding hydrogens is 744 g/mol. The molecule has 8 nitrogen and oxygen atoms in total. The van der Waals surface area contributed by atoms with Gasteiger partial charge in [-0.05, 0) is 38.5 Å². The summed E-state index contributed by atoms with van der Waals surface area (Å²) < 4.78 is 23.7. The van der Waals surface area contributed by atoms with Crippen LogP contribution in [0.5, 0.6) is 0 Å². The Morgan fingerprint density at radius 1 is 0.569 bits per heavy atom. The molecule has 0 aliphatic carbocycles. The van der Waals surface area contributed by atoms with Crippen LogP contribution in [0.3, 0.4) is 0 Å². The maximum absolute atomic E-state index is 12.9. The van der Waals surface area contributed by atoms with E-state index in [9.17, 15) is 19.4 Å². The Hall–Kier alpha value is -0.760. The van der Waals surface area contributed by atoms with Gasteiger partial charge in [0.05, 0.1) is 39.9 Å². The Balaban J connectivity index is 4.27. The molecule has 0 rings (SSSR count). The number of hydrogen-bond donors (Lipinski definition) is 3. The van der Waals surface area contributed by atoms with Crippen molar-refractivity contribution in [1.82, 2.24) is 5.32 Å². The molecule has 1 amide bonds. The molecule has 0 heterocycles. The van der Waals surface area contributed by atoms with E-state index in [0.717, 1.165) is 44.9 Å². The second kappa shape index (κ2) is 41.6. The number of carbonyl (C=O) groups is 1. The van der Waals surface area contributed by atoms with Crippen molar-refractivity contribution in [1.29, 1.82) is 0 Å². The SMILES string of the molecule is CCCCCCCCCCCC/C=C/CCCC[C@@H](O)[C@H](COP(=O)(O)OCC[N+](C)(C)C)NC(=O)CCCCCCCCCCCCCCCCCCCCCC. The molecule has 0 fully saturated rings. The van der Waals surface area contributed by atoms with E-state index >= 15 is 0 Å². The van der Waals surface area contributed by atoms with Crippen LogP contribution in [0.2, 0.25) is 0 Å². The summed E-state index contributed by atoms with van der Waals surface area (Å²) in [5.41, 5.74) is 0. The first-order chi connectivity index (χ1) is 28.0. The maximum Gasteiger partial charge on any atom is 0.472 e. The van der Waals surface area contributed by atoms with Crippen molar-refractivity contribution in [3.8, 4) is 0 Å². The zero-order chi connectivity index (χ0) is 42.8. The highest BCUT2D eigenvalue weighted by Crippen LogP contribution is 2.43. The second-order valence-electron chi connectivity index (χ2n) is 18.5. The number of likely N-dealkylation sites (N-methyl/N-ethyl adjacent to an activating group) is 1. The molecule has 3 atom stereocenters. The summed E-state index contributed by atoms with van der Waals surface area (Å²) in [6, 6.07) is -0.771. The summed E-state index contributed by atoms with van der Waals surface area (Å²) in [6.45, 7) is 4.90. The standard InChI is InChI=1S/C49H99N2O6P/c1-6-8-10-12-14-16-18-20-22-24-25-26-27-29-31-33-35-37-39-41-43-49(53)50-47(46-57-58(54,55)56-45-44-51(3,4)5)48(52)42-40-38-36-34-32-30-28-23-21-19-17-15-13-11-9-7-2/h32,34,47-48,52H,6-31,33,35-46H2,1-5H3,(H-,50,53,54,55)/p+1/b34-32+/t47-,48+/m0/s1. The smallest absolute Gasteiger partial charge is 0.391 e. The first-order valence-corrected chi connectivity index (χ1v) is 26.5. The molecule has 0 radical (unpaired) electrons. The largest absolute Gasteiger partial charge is 0.472 e. The minimum atomic E-state index is -4.32. The molecule has 0 aromatic carbocycles. The zero-order valence-electron chi connectivity index (χ0n) is 39.3. The van der Waals surface area contributed by atoms with Crippen molar-refractivity contribution in [2.45, 2.75) is 257 Å². The first kappa shape index (κ1) is 57.2. The highest BCUT2D eigenvalue weighted by Gasteiger charge is 2.28. The Labute approximate surface area is 361 Å². The lowest BCUT2D eigenvalue weighted by Gasteiger charge is -2.26. The maximum atomic E-state index is 12.9. The van der Waals surface area contributed by atoms with Crippen LogP contribution in [0.1, 0.15) is 245 Å². The minimum Gasteiger partial charge on any atom is -0.391 e. The molecule has 1 unspecified atom stereocenters. The Kier molecular flexibility index (Phi) is 41.0. The van der Waals surface area contributed by atoms with E-state index in [1.165, 1.54) is 173 Å². The highest BCUT2D eigenvalue weighted by atomic mass is 31.2. The number of hydrogen-bond acceptors (Lipinski definition) is 5. The van der Waals surface area contributed by atoms with Gasteiger partial charge in [-0.1, -0.05) is 212 Å². The van der Waals surface area contributed by atoms with Crippen molar-refractivity contribution < 1.29 is 32.9 Å². The summed E-state index contributed by atoms with van der Waals surface area (Å²) in [5, 5.41) is 14.0. The molecule has 0 aliphatic rings. The number of rotatable bonds is 46. The average Bonchev–Trinajstić information content (AvgIpc) is 3.17. The van der Waals surface area contributed by atoms with Gasteiger partial charge < -0.3 is 19.8 Å². The predicted octanol–water partition coefficient (Wildman–Crippen LogP) is 14.3. The van der Waals surface area contributed by atoms with Gasteiger partial charge in [0, 0.05) is 6.42 Å². The number of phosphoric acid groups is 1. The molecule has 58 heavy (non-hydrogen) atoms. The van der Waals surface area contributed by atoms with Crippen molar-refractivity contribution in [2.24, 2.45) is 0 Å². The van der Waals surface area contributed by atoms with Gasteiger partial charge >= 0.3 is 7.82 Å². The third-order valence-electron chi connectivity index (χ3n) is 11.5. The Morgan fingerprint density at radius 2 is 0.931 bits per heavy atom. The van der Waals surface area contributed by atoms with Crippen LogP contribution >= 0.6 is 7.82 Å². The van der Waals surface area contributed by atoms with Gasteiger partial charge in [0.1, 0.15) is 13.2 Å². The van der Waals surface area contributed by atoms with E-state index < -0.39 is 20.0 Å². The number of carbonyl (C=O) groups excluding carboxylic acids is 1. The fraction of sp³-hybridized carbons (Fsp3) is 0.939. The van der Waals surface area contributed by atoms with E-state index in [0.29, 0.717) is 23.9 Å². The second-order valence-corrected chi connectivity index (χ2v) is 20.0. The molecular formula is C49H100N2O6P+. The van der Waals surface area contributed by atoms with Crippen molar-refractivity contribution >= 4 is 13.7 Å². The lowest BCUT2D eigenvalue weighted by Crippen LogP contribution is -2.46. The highest BCUT2D eigenvalue weighted by molar-refractivity contribution is 7.47. The predicted molar refractivity (Wildman–Crippen MR) is 249 cm³/mol. The molecule has 0 aromatic rings. The summed E-state index contributed by atoms with van der Waals surface area (Å²) in [6.07, 6.45) is 48.2. The van der Waals surface area contributed by atoms with Gasteiger partial charge in [-0.2, -0.15) is 0 Å². The number of phosphoric ester groups is 1. The van der Waals surface area contributed by atoms with Crippen LogP contribution in [0.4, 0.5) is 0 Å².